The Labute approximate surface area is 295 Å². The van der Waals surface area contributed by atoms with E-state index in [4.69, 9.17) is 10.2 Å². The molecule has 4 atom stereocenters. The summed E-state index contributed by atoms with van der Waals surface area (Å²) in [5.41, 5.74) is 4.07. The van der Waals surface area contributed by atoms with Gasteiger partial charge >= 0.3 is 0 Å². The molecule has 6 nitrogen and oxygen atoms in total. The number of aliphatic hydroxyl groups is 3. The third-order valence-corrected chi connectivity index (χ3v) is 11.1. The number of rotatable bonds is 15. The van der Waals surface area contributed by atoms with Crippen LogP contribution in [0.3, 0.4) is 0 Å². The molecule has 0 aromatic rings. The van der Waals surface area contributed by atoms with E-state index in [0.29, 0.717) is 30.7 Å². The van der Waals surface area contributed by atoms with Crippen LogP contribution in [0.25, 0.3) is 0 Å². The highest BCUT2D eigenvalue weighted by Crippen LogP contribution is 2.60. The number of aldehydes is 1. The summed E-state index contributed by atoms with van der Waals surface area (Å²) in [6.45, 7) is 21.7. The molecular formula is C42H75NO5. The summed E-state index contributed by atoms with van der Waals surface area (Å²) in [7, 11) is 0. The van der Waals surface area contributed by atoms with Crippen LogP contribution in [-0.4, -0.2) is 52.9 Å². The van der Waals surface area contributed by atoms with Gasteiger partial charge in [0.2, 0.25) is 5.91 Å². The zero-order chi connectivity index (χ0) is 36.4. The third kappa shape index (κ3) is 15.9. The predicted molar refractivity (Wildman–Crippen MR) is 202 cm³/mol. The molecule has 48 heavy (non-hydrogen) atoms. The zero-order valence-electron chi connectivity index (χ0n) is 32.3. The Balaban J connectivity index is 0.000000477. The van der Waals surface area contributed by atoms with Gasteiger partial charge in [-0.2, -0.15) is 0 Å². The number of carbonyl (C=O) groups excluding carboxylic acids is 2. The fraction of sp³-hybridized carbons (Fsp3) is 0.810. The lowest BCUT2D eigenvalue weighted by Crippen LogP contribution is -2.38. The summed E-state index contributed by atoms with van der Waals surface area (Å²) in [6.07, 6.45) is 23.9. The van der Waals surface area contributed by atoms with E-state index in [2.05, 4.69) is 51.7 Å². The molecule has 4 N–H and O–H groups in total. The topological polar surface area (TPSA) is 107 Å². The number of hydrogen-bond donors (Lipinski definition) is 4. The summed E-state index contributed by atoms with van der Waals surface area (Å²) in [4.78, 5) is 21.1. The van der Waals surface area contributed by atoms with E-state index in [0.717, 1.165) is 49.7 Å². The molecule has 1 amide bonds. The van der Waals surface area contributed by atoms with Crippen molar-refractivity contribution in [2.75, 3.05) is 19.8 Å². The van der Waals surface area contributed by atoms with Crippen LogP contribution in [0.15, 0.2) is 35.5 Å². The molecule has 0 bridgehead atoms. The lowest BCUT2D eigenvalue weighted by molar-refractivity contribution is -0.130. The van der Waals surface area contributed by atoms with Gasteiger partial charge < -0.3 is 25.4 Å². The molecule has 278 valence electrons. The number of allylic oxidation sites excluding steroid dienone is 5. The van der Waals surface area contributed by atoms with Crippen LogP contribution in [0.1, 0.15) is 158 Å². The van der Waals surface area contributed by atoms with Crippen molar-refractivity contribution in [2.24, 2.45) is 34.5 Å². The van der Waals surface area contributed by atoms with E-state index in [1.165, 1.54) is 75.4 Å². The molecule has 0 heterocycles. The van der Waals surface area contributed by atoms with Gasteiger partial charge in [-0.25, -0.2) is 0 Å². The lowest BCUT2D eigenvalue weighted by Gasteiger charge is -2.44. The molecular weight excluding hydrogens is 598 g/mol. The van der Waals surface area contributed by atoms with Crippen molar-refractivity contribution >= 4 is 12.2 Å². The first-order valence-corrected chi connectivity index (χ1v) is 19.3. The van der Waals surface area contributed by atoms with Gasteiger partial charge in [0.1, 0.15) is 6.29 Å². The average Bonchev–Trinajstić information content (AvgIpc) is 3.37. The second kappa shape index (κ2) is 22.1. The second-order valence-electron chi connectivity index (χ2n) is 16.9. The van der Waals surface area contributed by atoms with Crippen LogP contribution in [0.5, 0.6) is 0 Å². The maximum absolute atomic E-state index is 11.4. The molecule has 0 aromatic carbocycles. The van der Waals surface area contributed by atoms with Gasteiger partial charge in [0.25, 0.3) is 0 Å². The van der Waals surface area contributed by atoms with Crippen molar-refractivity contribution in [3.8, 4) is 0 Å². The fourth-order valence-electron chi connectivity index (χ4n) is 7.99. The van der Waals surface area contributed by atoms with E-state index in [-0.39, 0.29) is 19.1 Å². The van der Waals surface area contributed by atoms with Crippen molar-refractivity contribution in [3.63, 3.8) is 0 Å². The van der Waals surface area contributed by atoms with Crippen molar-refractivity contribution in [1.82, 2.24) is 5.32 Å². The van der Waals surface area contributed by atoms with Crippen LogP contribution in [0.2, 0.25) is 0 Å². The minimum absolute atomic E-state index is 0.0143. The molecule has 0 spiro atoms. The highest BCUT2D eigenvalue weighted by atomic mass is 16.3. The Kier molecular flexibility index (Phi) is 20.4. The Hall–Kier alpha value is -1.76. The molecule has 0 saturated heterocycles. The van der Waals surface area contributed by atoms with E-state index in [1.807, 2.05) is 13.8 Å². The summed E-state index contributed by atoms with van der Waals surface area (Å²) < 4.78 is 0. The SMILES string of the molecule is C=C1CCCC/C1=C/C=C1\CCCC2(C)C1CCC2[C@H](C)CCCC(C)(C)O.CC(C)(CCO)C(=O)NCCCO.CC(C)CCC=O. The van der Waals surface area contributed by atoms with E-state index in [1.54, 1.807) is 19.4 Å². The van der Waals surface area contributed by atoms with Crippen LogP contribution in [-0.2, 0) is 9.59 Å². The Bertz CT molecular complexity index is 1020. The van der Waals surface area contributed by atoms with Gasteiger partial charge in [0.05, 0.1) is 5.60 Å². The van der Waals surface area contributed by atoms with Gasteiger partial charge in [-0.05, 0) is 132 Å². The summed E-state index contributed by atoms with van der Waals surface area (Å²) >= 11 is 0. The van der Waals surface area contributed by atoms with Crippen molar-refractivity contribution in [1.29, 1.82) is 0 Å². The monoisotopic (exact) mass is 674 g/mol. The summed E-state index contributed by atoms with van der Waals surface area (Å²) in [5.74, 6) is 3.00. The smallest absolute Gasteiger partial charge is 0.225 e. The largest absolute Gasteiger partial charge is 0.396 e. The number of fused-ring (bicyclic) bond motifs is 1. The summed E-state index contributed by atoms with van der Waals surface area (Å²) in [5, 5.41) is 29.9. The molecule has 0 aliphatic heterocycles. The van der Waals surface area contributed by atoms with Gasteiger partial charge in [0.15, 0.2) is 0 Å². The highest BCUT2D eigenvalue weighted by molar-refractivity contribution is 5.81. The minimum Gasteiger partial charge on any atom is -0.396 e. The molecule has 0 radical (unpaired) electrons. The Morgan fingerprint density at radius 1 is 0.958 bits per heavy atom. The maximum Gasteiger partial charge on any atom is 0.225 e. The van der Waals surface area contributed by atoms with E-state index < -0.39 is 11.0 Å². The maximum atomic E-state index is 11.4. The van der Waals surface area contributed by atoms with Crippen molar-refractivity contribution < 1.29 is 24.9 Å². The normalized spacial score (nSPS) is 25.1. The Morgan fingerprint density at radius 2 is 1.65 bits per heavy atom. The zero-order valence-corrected chi connectivity index (χ0v) is 32.3. The van der Waals surface area contributed by atoms with Crippen molar-refractivity contribution in [2.45, 2.75) is 164 Å². The summed E-state index contributed by atoms with van der Waals surface area (Å²) in [6, 6.07) is 0. The molecule has 3 saturated carbocycles. The van der Waals surface area contributed by atoms with Crippen LogP contribution in [0, 0.1) is 34.5 Å². The molecule has 3 fully saturated rings. The number of nitrogens with one attached hydrogen (secondary N) is 1. The first-order chi connectivity index (χ1) is 22.5. The molecule has 3 aliphatic carbocycles. The second-order valence-corrected chi connectivity index (χ2v) is 16.9. The van der Waals surface area contributed by atoms with Crippen LogP contribution >= 0.6 is 0 Å². The third-order valence-electron chi connectivity index (χ3n) is 11.1. The quantitative estimate of drug-likeness (QED) is 0.102. The molecule has 3 rings (SSSR count). The van der Waals surface area contributed by atoms with Gasteiger partial charge in [-0.1, -0.05) is 84.3 Å². The van der Waals surface area contributed by atoms with Crippen molar-refractivity contribution in [3.05, 3.63) is 35.5 Å². The number of amides is 1. The number of carbonyl (C=O) groups is 2. The van der Waals surface area contributed by atoms with E-state index >= 15 is 0 Å². The van der Waals surface area contributed by atoms with Gasteiger partial charge in [-0.3, -0.25) is 4.79 Å². The molecule has 0 aromatic heterocycles. The minimum atomic E-state index is -0.524. The first-order valence-electron chi connectivity index (χ1n) is 19.3. The van der Waals surface area contributed by atoms with Gasteiger partial charge in [0, 0.05) is 31.6 Å². The molecule has 6 heteroatoms. The fourth-order valence-corrected chi connectivity index (χ4v) is 7.99. The van der Waals surface area contributed by atoms with Gasteiger partial charge in [-0.15, -0.1) is 0 Å². The standard InChI is InChI=1S/C27H44O.C9H19NO3.C6H12O/c1-20-10-6-7-12-22(20)14-15-23-13-9-19-27(5)24(16-17-25(23)27)21(2)11-8-18-26(3,4)28;1-9(2,4-7-12)8(13)10-5-3-6-11;1-6(2)4-3-5-7/h14-15,21,24-25,28H,1,6-13,16-19H2,2-5H3;11-12H,3-7H2,1-2H3,(H,10,13);5-6H,3-4H2,1-2H3/b22-14-,23-15+;;/t21-,24?,25?,27?;;/m1../s1. The number of hydrogen-bond acceptors (Lipinski definition) is 5. The predicted octanol–water partition coefficient (Wildman–Crippen LogP) is 9.28. The average molecular weight is 674 g/mol. The molecule has 3 unspecified atom stereocenters. The lowest BCUT2D eigenvalue weighted by atomic mass is 9.60. The number of aliphatic hydroxyl groups excluding tert-OH is 2. The van der Waals surface area contributed by atoms with E-state index in [9.17, 15) is 14.7 Å². The van der Waals surface area contributed by atoms with Crippen LogP contribution < -0.4 is 5.32 Å². The first kappa shape index (κ1) is 44.3. The van der Waals surface area contributed by atoms with Crippen LogP contribution in [0.4, 0.5) is 0 Å². The Morgan fingerprint density at radius 3 is 2.21 bits per heavy atom. The highest BCUT2D eigenvalue weighted by Gasteiger charge is 2.50. The molecule has 3 aliphatic rings.